The third kappa shape index (κ3) is 5.04. The van der Waals surface area contributed by atoms with E-state index in [1.807, 2.05) is 6.92 Å². The second kappa shape index (κ2) is 9.77. The maximum Gasteiger partial charge on any atom is 0.337 e. The third-order valence-corrected chi connectivity index (χ3v) is 7.28. The number of rotatable bonds is 5. The zero-order valence-corrected chi connectivity index (χ0v) is 20.9. The van der Waals surface area contributed by atoms with Crippen LogP contribution in [-0.2, 0) is 4.79 Å². The van der Waals surface area contributed by atoms with Gasteiger partial charge in [0.15, 0.2) is 5.17 Å². The van der Waals surface area contributed by atoms with Crippen molar-refractivity contribution >= 4 is 79.7 Å². The molecule has 1 saturated heterocycles. The molecule has 1 amide bonds. The Morgan fingerprint density at radius 2 is 1.97 bits per heavy atom. The summed E-state index contributed by atoms with van der Waals surface area (Å²) >= 11 is 16.7. The minimum Gasteiger partial charge on any atom is -0.478 e. The summed E-state index contributed by atoms with van der Waals surface area (Å²) in [4.78, 5) is 30.9. The van der Waals surface area contributed by atoms with Gasteiger partial charge in [-0.25, -0.2) is 9.79 Å². The van der Waals surface area contributed by atoms with E-state index in [1.54, 1.807) is 47.4 Å². The summed E-state index contributed by atoms with van der Waals surface area (Å²) in [6.45, 7) is 2.33. The number of carbonyl (C=O) groups is 2. The highest BCUT2D eigenvalue weighted by Crippen LogP contribution is 2.36. The van der Waals surface area contributed by atoms with Crippen molar-refractivity contribution in [2.45, 2.75) is 6.92 Å². The molecule has 10 heteroatoms. The molecule has 1 aliphatic heterocycles. The number of halogens is 3. The van der Waals surface area contributed by atoms with Gasteiger partial charge in [-0.1, -0.05) is 23.2 Å². The van der Waals surface area contributed by atoms with Crippen molar-refractivity contribution in [3.8, 4) is 11.3 Å². The molecule has 33 heavy (non-hydrogen) atoms. The first kappa shape index (κ1) is 23.6. The molecule has 0 aliphatic carbocycles. The molecule has 1 aromatic heterocycles. The predicted molar refractivity (Wildman–Crippen MR) is 135 cm³/mol. The van der Waals surface area contributed by atoms with Gasteiger partial charge in [0.1, 0.15) is 11.5 Å². The molecule has 168 valence electrons. The Hall–Kier alpha value is -2.52. The SMILES string of the molecule is CCN1C(=O)/C(=C\c2ccc(-c3ccc(Cl)c(C(=O)O)c3)o2)SC1=Nc1ccc(Br)c(Cl)c1. The van der Waals surface area contributed by atoms with Gasteiger partial charge >= 0.3 is 5.97 Å². The number of carboxylic acid groups (broad SMARTS) is 1. The van der Waals surface area contributed by atoms with Crippen molar-refractivity contribution in [1.82, 2.24) is 4.90 Å². The number of aliphatic imine (C=N–C) groups is 1. The first-order valence-electron chi connectivity index (χ1n) is 9.65. The fourth-order valence-electron chi connectivity index (χ4n) is 3.09. The topological polar surface area (TPSA) is 83.1 Å². The van der Waals surface area contributed by atoms with Crippen molar-refractivity contribution in [2.24, 2.45) is 4.99 Å². The lowest BCUT2D eigenvalue weighted by molar-refractivity contribution is -0.122. The van der Waals surface area contributed by atoms with Crippen molar-refractivity contribution in [3.05, 3.63) is 79.3 Å². The molecule has 0 unspecified atom stereocenters. The van der Waals surface area contributed by atoms with Crippen LogP contribution >= 0.6 is 50.9 Å². The van der Waals surface area contributed by atoms with Gasteiger partial charge in [0.25, 0.3) is 5.91 Å². The van der Waals surface area contributed by atoms with Crippen LogP contribution in [0.3, 0.4) is 0 Å². The number of hydrogen-bond acceptors (Lipinski definition) is 5. The van der Waals surface area contributed by atoms with E-state index in [-0.39, 0.29) is 16.5 Å². The van der Waals surface area contributed by atoms with E-state index in [4.69, 9.17) is 27.6 Å². The first-order chi connectivity index (χ1) is 15.8. The molecule has 2 aromatic carbocycles. The number of thioether (sulfide) groups is 1. The Morgan fingerprint density at radius 1 is 1.18 bits per heavy atom. The molecular weight excluding hydrogens is 551 g/mol. The van der Waals surface area contributed by atoms with Crippen LogP contribution in [0.4, 0.5) is 5.69 Å². The maximum absolute atomic E-state index is 12.9. The Labute approximate surface area is 212 Å². The highest BCUT2D eigenvalue weighted by Gasteiger charge is 2.32. The predicted octanol–water partition coefficient (Wildman–Crippen LogP) is 7.34. The average molecular weight is 566 g/mol. The molecule has 0 saturated carbocycles. The number of carbonyl (C=O) groups excluding carboxylic acids is 1. The summed E-state index contributed by atoms with van der Waals surface area (Å²) < 4.78 is 6.61. The van der Waals surface area contributed by atoms with E-state index in [2.05, 4.69) is 20.9 Å². The third-order valence-electron chi connectivity index (χ3n) is 4.71. The number of carboxylic acids is 1. The van der Waals surface area contributed by atoms with Crippen molar-refractivity contribution < 1.29 is 19.1 Å². The molecule has 6 nitrogen and oxygen atoms in total. The lowest BCUT2D eigenvalue weighted by Gasteiger charge is -2.12. The van der Waals surface area contributed by atoms with Crippen LogP contribution in [0.1, 0.15) is 23.0 Å². The number of amides is 1. The fraction of sp³-hybridized carbons (Fsp3) is 0.0870. The van der Waals surface area contributed by atoms with Crippen LogP contribution in [0.5, 0.6) is 0 Å². The number of aromatic carboxylic acids is 1. The molecule has 1 N–H and O–H groups in total. The number of nitrogens with zero attached hydrogens (tertiary/aromatic N) is 2. The van der Waals surface area contributed by atoms with Gasteiger partial charge in [-0.3, -0.25) is 9.69 Å². The Kier molecular flexibility index (Phi) is 6.99. The zero-order valence-electron chi connectivity index (χ0n) is 17.0. The summed E-state index contributed by atoms with van der Waals surface area (Å²) in [6, 6.07) is 13.4. The van der Waals surface area contributed by atoms with E-state index >= 15 is 0 Å². The standard InChI is InChI=1S/C23H15BrCl2N2O4S/c1-2-28-21(29)20(33-23(28)27-13-4-6-16(24)18(26)10-13)11-14-5-8-19(32-14)12-3-7-17(25)15(9-12)22(30)31/h3-11H,2H2,1H3,(H,30,31)/b20-11+,27-23?. The smallest absolute Gasteiger partial charge is 0.337 e. The highest BCUT2D eigenvalue weighted by molar-refractivity contribution is 9.10. The number of benzene rings is 2. The van der Waals surface area contributed by atoms with Gasteiger partial charge in [0, 0.05) is 22.7 Å². The van der Waals surface area contributed by atoms with Crippen LogP contribution in [0.25, 0.3) is 17.4 Å². The van der Waals surface area contributed by atoms with Crippen molar-refractivity contribution in [2.75, 3.05) is 6.54 Å². The summed E-state index contributed by atoms with van der Waals surface area (Å²) in [5, 5.41) is 10.5. The van der Waals surface area contributed by atoms with E-state index < -0.39 is 5.97 Å². The molecule has 1 aliphatic rings. The molecular formula is C23H15BrCl2N2O4S. The van der Waals surface area contributed by atoms with Crippen LogP contribution < -0.4 is 0 Å². The highest BCUT2D eigenvalue weighted by atomic mass is 79.9. The van der Waals surface area contributed by atoms with Crippen molar-refractivity contribution in [1.29, 1.82) is 0 Å². The summed E-state index contributed by atoms with van der Waals surface area (Å²) in [5.41, 5.74) is 1.19. The van der Waals surface area contributed by atoms with E-state index in [0.717, 1.165) is 4.47 Å². The molecule has 3 aromatic rings. The van der Waals surface area contributed by atoms with Gasteiger partial charge in [-0.05, 0) is 83.1 Å². The molecule has 0 bridgehead atoms. The van der Waals surface area contributed by atoms with E-state index in [0.29, 0.717) is 44.4 Å². The molecule has 0 atom stereocenters. The lowest BCUT2D eigenvalue weighted by atomic mass is 10.1. The fourth-order valence-corrected chi connectivity index (χ4v) is 4.75. The van der Waals surface area contributed by atoms with Gasteiger partial charge in [0.05, 0.1) is 26.2 Å². The Morgan fingerprint density at radius 3 is 2.67 bits per heavy atom. The quantitative estimate of drug-likeness (QED) is 0.327. The minimum absolute atomic E-state index is 0.0144. The van der Waals surface area contributed by atoms with Crippen LogP contribution in [0, 0.1) is 0 Å². The van der Waals surface area contributed by atoms with Gasteiger partial charge < -0.3 is 9.52 Å². The molecule has 4 rings (SSSR count). The van der Waals surface area contributed by atoms with Gasteiger partial charge in [-0.15, -0.1) is 0 Å². The minimum atomic E-state index is -1.12. The number of likely N-dealkylation sites (N-methyl/N-ethyl adjacent to an activating group) is 1. The summed E-state index contributed by atoms with van der Waals surface area (Å²) in [5.74, 6) is -0.386. The summed E-state index contributed by atoms with van der Waals surface area (Å²) in [6.07, 6.45) is 1.64. The zero-order chi connectivity index (χ0) is 23.7. The van der Waals surface area contributed by atoms with Gasteiger partial charge in [0.2, 0.25) is 0 Å². The first-order valence-corrected chi connectivity index (χ1v) is 12.0. The maximum atomic E-state index is 12.9. The number of hydrogen-bond donors (Lipinski definition) is 1. The summed E-state index contributed by atoms with van der Waals surface area (Å²) in [7, 11) is 0. The normalized spacial score (nSPS) is 16.2. The average Bonchev–Trinajstić information content (AvgIpc) is 3.35. The monoisotopic (exact) mass is 564 g/mol. The van der Waals surface area contributed by atoms with E-state index in [9.17, 15) is 14.7 Å². The van der Waals surface area contributed by atoms with Crippen LogP contribution in [0.2, 0.25) is 10.0 Å². The largest absolute Gasteiger partial charge is 0.478 e. The second-order valence-electron chi connectivity index (χ2n) is 6.85. The van der Waals surface area contributed by atoms with Crippen molar-refractivity contribution in [3.63, 3.8) is 0 Å². The number of amidine groups is 1. The van der Waals surface area contributed by atoms with E-state index in [1.165, 1.54) is 23.9 Å². The number of furan rings is 1. The molecule has 0 radical (unpaired) electrons. The van der Waals surface area contributed by atoms with Crippen LogP contribution in [-0.4, -0.2) is 33.6 Å². The Bertz CT molecular complexity index is 1340. The molecule has 2 heterocycles. The van der Waals surface area contributed by atoms with Gasteiger partial charge in [-0.2, -0.15) is 0 Å². The van der Waals surface area contributed by atoms with Crippen LogP contribution in [0.15, 0.2) is 67.3 Å². The Balaban J connectivity index is 1.62. The molecule has 1 fully saturated rings. The molecule has 0 spiro atoms. The second-order valence-corrected chi connectivity index (χ2v) is 9.53. The lowest BCUT2D eigenvalue weighted by Crippen LogP contribution is -2.28.